The molecule has 0 saturated carbocycles. The number of ketones is 2. The number of Topliss-reactive ketones (excluding diaryl/α,β-unsaturated/α-hetero) is 2. The first kappa shape index (κ1) is 96.8. The standard InChI is InChI=1S/C88H102Cl2N8O28S.CH4/c1-36(2)23-52(93-5)83(115)96-69-55(103)27-43(30-64(91)105)81(113)94-67-42-28-60(120-57-20-14-40(71(69)106)25-50(57)89)78(125-87-76(111)74(109)79(62(35-99)123-87)126-86-75(110)73(108)72(107)59(122-86)10-8-9-46-18-22-63(127-46)38-11-16-44(17-12-38)98(6)7)61(29-42)121-58-21-15-41(26-51(58)90)77(124-65-34-88(4,92)80(112)37(3)119-65)70-84(116)95-68(85(117)118)49-31-45(100)32-54(102)66(49)48-24-39(13-19-53(48)101)47(33-56(67)104)82(114)97-70;/h11-22,24-26,28-29,31-32,36-37,43,47,52,59,62,65,67-77,79-80,86-87,93,99-102,106-112H,8-10,23,27,30,33-35,92H2,1-7H3,(H2,91,105)(H,94,113)(H,95,116)(H,96,115)(H,97,114)(H,117,118);1H4/t37-,43+,47-,52+,59+,62+,65?,67+,68-,69?,70-,71+,72-,73-,74+,75+,76+,77+,79+,80-,86-,87-,88-;/m0./s1. The smallest absolute Gasteiger partial charge is 0.330 e. The van der Waals surface area contributed by atoms with Crippen molar-refractivity contribution < 1.29 is 138 Å². The lowest BCUT2D eigenvalue weighted by atomic mass is 9.84. The molecule has 15 rings (SSSR count). The van der Waals surface area contributed by atoms with Crippen molar-refractivity contribution >= 4 is 87.3 Å². The first-order chi connectivity index (χ1) is 60.2. The number of hydrogen-bond donors (Lipinski definition) is 19. The van der Waals surface area contributed by atoms with E-state index in [1.54, 1.807) is 11.3 Å². The summed E-state index contributed by atoms with van der Waals surface area (Å²) in [6.07, 6.45) is -29.4. The summed E-state index contributed by atoms with van der Waals surface area (Å²) in [6, 6.07) is 16.5. The number of carbonyl (C=O) groups is 8. The van der Waals surface area contributed by atoms with Gasteiger partial charge in [0, 0.05) is 83.5 Å². The third kappa shape index (κ3) is 21.1. The number of carboxylic acids is 1. The number of amides is 5. The number of anilines is 1. The van der Waals surface area contributed by atoms with E-state index in [1.807, 2.05) is 69.2 Å². The molecule has 3 fully saturated rings. The maximum absolute atomic E-state index is 16.6. The summed E-state index contributed by atoms with van der Waals surface area (Å²) in [4.78, 5) is 125. The van der Waals surface area contributed by atoms with Crippen molar-refractivity contribution in [3.05, 3.63) is 158 Å². The number of aromatic hydroxyl groups is 3. The van der Waals surface area contributed by atoms with Gasteiger partial charge in [-0.15, -0.1) is 11.3 Å². The summed E-state index contributed by atoms with van der Waals surface area (Å²) in [5.41, 5.74) is 10.6. The van der Waals surface area contributed by atoms with E-state index in [2.05, 4.69) is 26.6 Å². The largest absolute Gasteiger partial charge is 0.508 e. The summed E-state index contributed by atoms with van der Waals surface area (Å²) in [5.74, 6) is -19.2. The molecule has 8 aliphatic heterocycles. The van der Waals surface area contributed by atoms with E-state index in [0.717, 1.165) is 69.5 Å². The number of aliphatic hydroxyl groups excluding tert-OH is 8. The Kier molecular flexibility index (Phi) is 30.6. The highest BCUT2D eigenvalue weighted by atomic mass is 35.5. The van der Waals surface area contributed by atoms with E-state index >= 15 is 24.0 Å². The second-order valence-electron chi connectivity index (χ2n) is 33.5. The molecule has 39 heteroatoms. The van der Waals surface area contributed by atoms with Crippen molar-refractivity contribution in [1.82, 2.24) is 26.6 Å². The topological polar surface area (TPSA) is 569 Å². The zero-order valence-corrected chi connectivity index (χ0v) is 72.1. The SMILES string of the molecule is C.CN[C@H](CC(C)C)C(=O)NC1C(=O)C[C@H](CC(N)=O)C(=O)N[C@H]2C(=O)C[C@@H]3C(=O)N[C@H](C(=O)N[C@H](C(=O)O)c4cc(O)cc(O)c4-c4cc3ccc4O)[C@H](OC3C[C@](C)(N)[C@@H](O)[C@H](C)O3)c3ccc(c(Cl)c3)Oc3cc2cc(c3O[C@@H]2O[C@H](CO)[C@@H](O[C@@H]3O[C@H](CCCc4ccc(-c5ccc(N(C)C)cc5)s4)[C@H](O)[C@H](O)[C@H]3O)[C@H](O)[C@H]2O)Oc2ccc(cc2Cl)[C@H]1O. The second-order valence-corrected chi connectivity index (χ2v) is 35.5. The van der Waals surface area contributed by atoms with Gasteiger partial charge in [0.05, 0.1) is 52.8 Å². The van der Waals surface area contributed by atoms with Crippen molar-refractivity contribution in [2.45, 2.75) is 220 Å². The number of primary amides is 1. The molecule has 9 heterocycles. The quantitative estimate of drug-likeness (QED) is 0.0430. The maximum Gasteiger partial charge on any atom is 0.330 e. The van der Waals surface area contributed by atoms with Gasteiger partial charge >= 0.3 is 5.97 Å². The number of aliphatic carboxylic acids is 1. The number of hydrogen-bond acceptors (Lipinski definition) is 31. The van der Waals surface area contributed by atoms with Crippen LogP contribution in [0.3, 0.4) is 0 Å². The summed E-state index contributed by atoms with van der Waals surface area (Å²) in [6.45, 7) is 5.52. The fourth-order valence-corrected chi connectivity index (χ4v) is 18.2. The van der Waals surface area contributed by atoms with Gasteiger partial charge in [-0.1, -0.05) is 74.8 Å². The molecular formula is C89H106Cl2N8O28S. The van der Waals surface area contributed by atoms with Crippen molar-refractivity contribution in [3.8, 4) is 67.6 Å². The first-order valence-electron chi connectivity index (χ1n) is 41.1. The Hall–Kier alpha value is -10.2. The number of aliphatic hydroxyl groups is 8. The predicted molar refractivity (Wildman–Crippen MR) is 461 cm³/mol. The third-order valence-electron chi connectivity index (χ3n) is 23.5. The molecule has 21 N–H and O–H groups in total. The van der Waals surface area contributed by atoms with Gasteiger partial charge in [0.15, 0.2) is 41.7 Å². The Balaban J connectivity index is 0.0000149. The molecule has 6 aromatic carbocycles. The van der Waals surface area contributed by atoms with Crippen LogP contribution in [0.15, 0.2) is 115 Å². The van der Waals surface area contributed by atoms with Crippen LogP contribution in [0.2, 0.25) is 10.0 Å². The molecule has 0 radical (unpaired) electrons. The normalized spacial score (nSPS) is 29.4. The van der Waals surface area contributed by atoms with E-state index in [9.17, 15) is 75.7 Å². The van der Waals surface area contributed by atoms with Crippen LogP contribution in [0.25, 0.3) is 21.6 Å². The fourth-order valence-electron chi connectivity index (χ4n) is 16.7. The summed E-state index contributed by atoms with van der Waals surface area (Å²) >= 11 is 16.1. The molecule has 5 amide bonds. The van der Waals surface area contributed by atoms with Crippen LogP contribution < -0.4 is 57.2 Å². The number of nitrogens with one attached hydrogen (secondary N) is 5. The average Bonchev–Trinajstić information content (AvgIpc) is 0.943. The van der Waals surface area contributed by atoms with Gasteiger partial charge in [0.25, 0.3) is 0 Å². The number of likely N-dealkylation sites (N-methyl/N-ethyl adjacent to an activating group) is 1. The van der Waals surface area contributed by atoms with Crippen LogP contribution in [0, 0.1) is 11.8 Å². The minimum atomic E-state index is -2.33. The van der Waals surface area contributed by atoms with Gasteiger partial charge in [0.2, 0.25) is 41.6 Å². The van der Waals surface area contributed by atoms with Crippen LogP contribution in [0.5, 0.6) is 46.0 Å². The number of ether oxygens (including phenoxy) is 8. The van der Waals surface area contributed by atoms with Crippen LogP contribution in [0.1, 0.15) is 143 Å². The van der Waals surface area contributed by atoms with Gasteiger partial charge in [-0.3, -0.25) is 33.6 Å². The molecule has 1 aromatic heterocycles. The number of fused-ring (bicyclic) bond motifs is 15. The number of rotatable bonds is 21. The number of nitrogens with zero attached hydrogens (tertiary/aromatic N) is 1. The Morgan fingerprint density at radius 3 is 1.97 bits per heavy atom. The number of aryl methyl sites for hydroxylation is 1. The number of halogens is 2. The first-order valence-corrected chi connectivity index (χ1v) is 42.7. The van der Waals surface area contributed by atoms with E-state index in [4.69, 9.17) is 72.6 Å². The molecule has 8 aliphatic rings. The molecule has 690 valence electrons. The molecule has 2 unspecified atom stereocenters. The zero-order chi connectivity index (χ0) is 91.8. The summed E-state index contributed by atoms with van der Waals surface area (Å²) < 4.78 is 51.7. The number of benzene rings is 6. The van der Waals surface area contributed by atoms with E-state index in [1.165, 1.54) is 51.2 Å². The molecule has 3 saturated heterocycles. The lowest BCUT2D eigenvalue weighted by Crippen LogP contribution is -2.64. The lowest BCUT2D eigenvalue weighted by molar-refractivity contribution is -0.351. The summed E-state index contributed by atoms with van der Waals surface area (Å²) in [7, 11) is 5.37. The highest BCUT2D eigenvalue weighted by molar-refractivity contribution is 7.15. The van der Waals surface area contributed by atoms with Gasteiger partial charge in [-0.05, 0) is 159 Å². The molecule has 11 bridgehead atoms. The Labute approximate surface area is 749 Å². The van der Waals surface area contributed by atoms with Gasteiger partial charge < -0.3 is 142 Å². The molecule has 7 aromatic rings. The van der Waals surface area contributed by atoms with Crippen LogP contribution >= 0.6 is 34.5 Å². The Morgan fingerprint density at radius 2 is 1.34 bits per heavy atom. The van der Waals surface area contributed by atoms with E-state index in [-0.39, 0.29) is 60.1 Å². The van der Waals surface area contributed by atoms with Crippen molar-refractivity contribution in [2.24, 2.45) is 23.3 Å². The molecular weight excluding hydrogens is 1730 g/mol. The molecule has 0 spiro atoms. The van der Waals surface area contributed by atoms with Crippen molar-refractivity contribution in [3.63, 3.8) is 0 Å². The number of carbonyl (C=O) groups excluding carboxylic acids is 7. The van der Waals surface area contributed by atoms with Crippen molar-refractivity contribution in [2.75, 3.05) is 32.6 Å². The summed E-state index contributed by atoms with van der Waals surface area (Å²) in [5, 5.41) is 152. The molecule has 128 heavy (non-hydrogen) atoms. The van der Waals surface area contributed by atoms with Crippen LogP contribution in [-0.4, -0.2) is 240 Å². The zero-order valence-electron chi connectivity index (χ0n) is 69.8. The molecule has 36 nitrogen and oxygen atoms in total. The highest BCUT2D eigenvalue weighted by Gasteiger charge is 2.53. The fraction of sp³-hybridized carbons (Fsp3) is 0.461. The monoisotopic (exact) mass is 1840 g/mol. The number of thiophene rings is 1. The Bertz CT molecular complexity index is 5280. The van der Waals surface area contributed by atoms with Gasteiger partial charge in [0.1, 0.15) is 102 Å². The highest BCUT2D eigenvalue weighted by Crippen LogP contribution is 2.51. The van der Waals surface area contributed by atoms with Crippen LogP contribution in [0.4, 0.5) is 5.69 Å². The van der Waals surface area contributed by atoms with Gasteiger partial charge in [-0.2, -0.15) is 0 Å². The molecule has 0 aliphatic carbocycles. The Morgan fingerprint density at radius 1 is 0.695 bits per heavy atom. The van der Waals surface area contributed by atoms with E-state index < -0.39 is 280 Å². The van der Waals surface area contributed by atoms with Gasteiger partial charge in [-0.25, -0.2) is 4.79 Å². The minimum absolute atomic E-state index is 0. The number of carboxylic acid groups (broad SMARTS) is 1. The maximum atomic E-state index is 16.6. The number of phenolic OH excluding ortho intramolecular Hbond substituents is 3. The van der Waals surface area contributed by atoms with E-state index in [0.29, 0.717) is 12.8 Å². The lowest BCUT2D eigenvalue weighted by Gasteiger charge is -2.46. The minimum Gasteiger partial charge on any atom is -0.508 e. The number of nitrogens with two attached hydrogens (primary N) is 2. The molecule has 23 atom stereocenters. The van der Waals surface area contributed by atoms with Crippen molar-refractivity contribution in [1.29, 1.82) is 0 Å². The predicted octanol–water partition coefficient (Wildman–Crippen LogP) is 5.37. The second kappa shape index (κ2) is 40.4. The van der Waals surface area contributed by atoms with Crippen LogP contribution in [-0.2, 0) is 68.5 Å². The third-order valence-corrected chi connectivity index (χ3v) is 25.3. The average molecular weight is 1840 g/mol. The number of phenols is 3.